The molecular formula is C22H21Cl2N3O3S. The number of piperazine rings is 1. The standard InChI is InChI=1S/C22H21Cl2N3O3S/c1-30-19-6-3-14(23)12-16(19)18(28)5-7-21(29)26-8-10-27(11-9-26)22-25-17-4-2-15(24)13-20(17)31-22/h2-4,6,12-13H,5,7-11H2,1H3. The molecule has 1 amide bonds. The Morgan fingerprint density at radius 1 is 1.03 bits per heavy atom. The molecule has 9 heteroatoms. The van der Waals surface area contributed by atoms with Crippen LogP contribution in [0.2, 0.25) is 10.0 Å². The second-order valence-corrected chi connectivity index (χ2v) is 9.13. The van der Waals surface area contributed by atoms with Crippen LogP contribution in [0.1, 0.15) is 23.2 Å². The summed E-state index contributed by atoms with van der Waals surface area (Å²) in [6.07, 6.45) is 0.280. The van der Waals surface area contributed by atoms with E-state index in [0.29, 0.717) is 47.5 Å². The van der Waals surface area contributed by atoms with E-state index in [1.807, 2.05) is 23.1 Å². The highest BCUT2D eigenvalue weighted by Crippen LogP contribution is 2.31. The molecule has 0 unspecified atom stereocenters. The first kappa shape index (κ1) is 21.9. The van der Waals surface area contributed by atoms with Gasteiger partial charge in [-0.05, 0) is 36.4 Å². The number of amides is 1. The molecule has 1 aliphatic heterocycles. The summed E-state index contributed by atoms with van der Waals surface area (Å²) in [5.41, 5.74) is 1.33. The van der Waals surface area contributed by atoms with E-state index in [-0.39, 0.29) is 24.5 Å². The molecule has 1 aliphatic rings. The van der Waals surface area contributed by atoms with Crippen LogP contribution in [0.4, 0.5) is 5.13 Å². The molecule has 31 heavy (non-hydrogen) atoms. The Morgan fingerprint density at radius 3 is 2.48 bits per heavy atom. The molecular weight excluding hydrogens is 457 g/mol. The van der Waals surface area contributed by atoms with E-state index < -0.39 is 0 Å². The lowest BCUT2D eigenvalue weighted by Gasteiger charge is -2.34. The number of thiazole rings is 1. The van der Waals surface area contributed by atoms with Gasteiger partial charge in [-0.2, -0.15) is 0 Å². The van der Waals surface area contributed by atoms with Crippen LogP contribution in [-0.2, 0) is 4.79 Å². The van der Waals surface area contributed by atoms with Crippen molar-refractivity contribution < 1.29 is 14.3 Å². The van der Waals surface area contributed by atoms with Crippen molar-refractivity contribution in [2.24, 2.45) is 0 Å². The van der Waals surface area contributed by atoms with E-state index in [4.69, 9.17) is 27.9 Å². The van der Waals surface area contributed by atoms with Crippen LogP contribution in [-0.4, -0.2) is 54.9 Å². The fourth-order valence-corrected chi connectivity index (χ4v) is 5.05. The maximum atomic E-state index is 12.6. The predicted octanol–water partition coefficient (Wildman–Crippen LogP) is 4.92. The van der Waals surface area contributed by atoms with Crippen LogP contribution in [0.15, 0.2) is 36.4 Å². The van der Waals surface area contributed by atoms with Gasteiger partial charge in [-0.1, -0.05) is 34.5 Å². The second-order valence-electron chi connectivity index (χ2n) is 7.24. The average Bonchev–Trinajstić information content (AvgIpc) is 3.20. The number of nitrogens with zero attached hydrogens (tertiary/aromatic N) is 3. The SMILES string of the molecule is COc1ccc(Cl)cc1C(=O)CCC(=O)N1CCN(c2nc3ccc(Cl)cc3s2)CC1. The molecule has 1 aromatic heterocycles. The number of methoxy groups -OCH3 is 1. The molecule has 2 heterocycles. The van der Waals surface area contributed by atoms with E-state index >= 15 is 0 Å². The van der Waals surface area contributed by atoms with Crippen LogP contribution in [0, 0.1) is 0 Å². The Morgan fingerprint density at radius 2 is 1.74 bits per heavy atom. The second kappa shape index (κ2) is 9.42. The molecule has 0 saturated carbocycles. The van der Waals surface area contributed by atoms with Gasteiger partial charge in [0.05, 0.1) is 22.9 Å². The number of ether oxygens (including phenoxy) is 1. The summed E-state index contributed by atoms with van der Waals surface area (Å²) in [6.45, 7) is 2.61. The largest absolute Gasteiger partial charge is 0.496 e. The Bertz CT molecular complexity index is 1130. The zero-order valence-electron chi connectivity index (χ0n) is 16.9. The number of anilines is 1. The molecule has 0 atom stereocenters. The van der Waals surface area contributed by atoms with E-state index in [9.17, 15) is 9.59 Å². The summed E-state index contributed by atoms with van der Waals surface area (Å²) >= 11 is 13.7. The van der Waals surface area contributed by atoms with Crippen LogP contribution in [0.5, 0.6) is 5.75 Å². The van der Waals surface area contributed by atoms with Crippen LogP contribution in [0.25, 0.3) is 10.2 Å². The number of Topliss-reactive ketones (excluding diaryl/α,β-unsaturated/α-hetero) is 1. The van der Waals surface area contributed by atoms with Gasteiger partial charge in [-0.15, -0.1) is 0 Å². The minimum atomic E-state index is -0.153. The van der Waals surface area contributed by atoms with E-state index in [1.54, 1.807) is 29.5 Å². The highest BCUT2D eigenvalue weighted by atomic mass is 35.5. The molecule has 1 fully saturated rings. The molecule has 4 rings (SSSR count). The third-order valence-electron chi connectivity index (χ3n) is 5.27. The lowest BCUT2D eigenvalue weighted by molar-refractivity contribution is -0.131. The number of carbonyl (C=O) groups is 2. The Kier molecular flexibility index (Phi) is 6.65. The predicted molar refractivity (Wildman–Crippen MR) is 125 cm³/mol. The minimum Gasteiger partial charge on any atom is -0.496 e. The van der Waals surface area contributed by atoms with Gasteiger partial charge in [-0.25, -0.2) is 4.98 Å². The molecule has 2 aromatic carbocycles. The van der Waals surface area contributed by atoms with Crippen molar-refractivity contribution in [1.29, 1.82) is 0 Å². The number of benzene rings is 2. The maximum Gasteiger partial charge on any atom is 0.223 e. The molecule has 3 aromatic rings. The number of rotatable bonds is 6. The number of hydrogen-bond acceptors (Lipinski definition) is 6. The number of fused-ring (bicyclic) bond motifs is 1. The molecule has 162 valence electrons. The topological polar surface area (TPSA) is 62.7 Å². The Balaban J connectivity index is 1.32. The zero-order valence-corrected chi connectivity index (χ0v) is 19.3. The highest BCUT2D eigenvalue weighted by Gasteiger charge is 2.24. The van der Waals surface area contributed by atoms with Crippen molar-refractivity contribution in [2.75, 3.05) is 38.2 Å². The number of aromatic nitrogens is 1. The van der Waals surface area contributed by atoms with Crippen molar-refractivity contribution in [2.45, 2.75) is 12.8 Å². The molecule has 1 saturated heterocycles. The van der Waals surface area contributed by atoms with Gasteiger partial charge in [0.2, 0.25) is 5.91 Å². The van der Waals surface area contributed by atoms with Gasteiger partial charge in [0.1, 0.15) is 5.75 Å². The van der Waals surface area contributed by atoms with Gasteiger partial charge < -0.3 is 14.5 Å². The first-order valence-corrected chi connectivity index (χ1v) is 11.5. The summed E-state index contributed by atoms with van der Waals surface area (Å²) in [5.74, 6) is 0.289. The normalized spacial score (nSPS) is 14.2. The number of halogens is 2. The van der Waals surface area contributed by atoms with Gasteiger partial charge in [0, 0.05) is 49.1 Å². The first-order valence-electron chi connectivity index (χ1n) is 9.90. The van der Waals surface area contributed by atoms with Crippen LogP contribution >= 0.6 is 34.5 Å². The Labute approximate surface area is 194 Å². The quantitative estimate of drug-likeness (QED) is 0.471. The summed E-state index contributed by atoms with van der Waals surface area (Å²) in [5, 5.41) is 2.10. The van der Waals surface area contributed by atoms with E-state index in [2.05, 4.69) is 9.88 Å². The summed E-state index contributed by atoms with van der Waals surface area (Å²) in [7, 11) is 1.50. The third-order valence-corrected chi connectivity index (χ3v) is 6.82. The van der Waals surface area contributed by atoms with Gasteiger partial charge in [0.15, 0.2) is 10.9 Å². The maximum absolute atomic E-state index is 12.6. The van der Waals surface area contributed by atoms with Gasteiger partial charge >= 0.3 is 0 Å². The third kappa shape index (κ3) is 4.95. The molecule has 0 radical (unpaired) electrons. The van der Waals surface area contributed by atoms with Crippen molar-refractivity contribution >= 4 is 61.6 Å². The molecule has 0 N–H and O–H groups in total. The monoisotopic (exact) mass is 477 g/mol. The van der Waals surface area contributed by atoms with E-state index in [0.717, 1.165) is 15.3 Å². The average molecular weight is 478 g/mol. The van der Waals surface area contributed by atoms with Crippen molar-refractivity contribution in [3.63, 3.8) is 0 Å². The van der Waals surface area contributed by atoms with Crippen LogP contribution in [0.3, 0.4) is 0 Å². The number of hydrogen-bond donors (Lipinski definition) is 0. The summed E-state index contributed by atoms with van der Waals surface area (Å²) in [4.78, 5) is 33.9. The minimum absolute atomic E-state index is 0.0231. The molecule has 6 nitrogen and oxygen atoms in total. The number of ketones is 1. The van der Waals surface area contributed by atoms with Crippen molar-refractivity contribution in [3.05, 3.63) is 52.0 Å². The fourth-order valence-electron chi connectivity index (χ4n) is 3.58. The molecule has 0 bridgehead atoms. The lowest BCUT2D eigenvalue weighted by Crippen LogP contribution is -2.48. The van der Waals surface area contributed by atoms with Crippen LogP contribution < -0.4 is 9.64 Å². The smallest absolute Gasteiger partial charge is 0.223 e. The van der Waals surface area contributed by atoms with E-state index in [1.165, 1.54) is 7.11 Å². The zero-order chi connectivity index (χ0) is 22.0. The summed E-state index contributed by atoms with van der Waals surface area (Å²) < 4.78 is 6.29. The Hall–Kier alpha value is -2.35. The molecule has 0 aliphatic carbocycles. The first-order chi connectivity index (χ1) is 14.9. The van der Waals surface area contributed by atoms with Gasteiger partial charge in [0.25, 0.3) is 0 Å². The van der Waals surface area contributed by atoms with Crippen molar-refractivity contribution in [3.8, 4) is 5.75 Å². The fraction of sp³-hybridized carbons (Fsp3) is 0.318. The number of carbonyl (C=O) groups excluding carboxylic acids is 2. The summed E-state index contributed by atoms with van der Waals surface area (Å²) in [6, 6.07) is 10.6. The lowest BCUT2D eigenvalue weighted by atomic mass is 10.0. The van der Waals surface area contributed by atoms with Crippen molar-refractivity contribution in [1.82, 2.24) is 9.88 Å². The molecule has 0 spiro atoms. The van der Waals surface area contributed by atoms with Gasteiger partial charge in [-0.3, -0.25) is 9.59 Å². The highest BCUT2D eigenvalue weighted by molar-refractivity contribution is 7.22.